The van der Waals surface area contributed by atoms with E-state index in [1.807, 2.05) is 0 Å². The van der Waals surface area contributed by atoms with E-state index in [9.17, 15) is 20.0 Å². The molecule has 3 aromatic rings. The second-order valence-corrected chi connectivity index (χ2v) is 5.44. The number of nitro groups is 1. The van der Waals surface area contributed by atoms with Crippen molar-refractivity contribution in [2.24, 2.45) is 0 Å². The Labute approximate surface area is 139 Å². The zero-order chi connectivity index (χ0) is 17.6. The molecule has 9 nitrogen and oxygen atoms in total. The summed E-state index contributed by atoms with van der Waals surface area (Å²) >= 11 is 5.98. The summed E-state index contributed by atoms with van der Waals surface area (Å²) in [5.74, 6) is -1.11. The minimum atomic E-state index is -1.19. The number of hydrogen-bond donors (Lipinski definition) is 2. The summed E-state index contributed by atoms with van der Waals surface area (Å²) in [6.07, 6.45) is 2.51. The van der Waals surface area contributed by atoms with Gasteiger partial charge in [-0.3, -0.25) is 10.1 Å². The average molecular weight is 348 g/mol. The van der Waals surface area contributed by atoms with Crippen molar-refractivity contribution in [2.45, 2.75) is 6.92 Å². The SMILES string of the molecule is Cc1cc([N+](=O)[O-])c(Cl)cc1-c1c(C(=O)O)cn2ncnc(N)c12. The third-order valence-corrected chi connectivity index (χ3v) is 3.90. The molecule has 0 radical (unpaired) electrons. The summed E-state index contributed by atoms with van der Waals surface area (Å²) in [6, 6.07) is 2.63. The molecule has 0 saturated carbocycles. The third-order valence-electron chi connectivity index (χ3n) is 3.59. The molecule has 0 bridgehead atoms. The number of carboxylic acids is 1. The predicted octanol–water partition coefficient (Wildman–Crippen LogP) is 2.55. The Morgan fingerprint density at radius 1 is 1.46 bits per heavy atom. The molecule has 2 heterocycles. The highest BCUT2D eigenvalue weighted by atomic mass is 35.5. The minimum absolute atomic E-state index is 0.0600. The third kappa shape index (κ3) is 2.31. The lowest BCUT2D eigenvalue weighted by Crippen LogP contribution is -2.00. The lowest BCUT2D eigenvalue weighted by molar-refractivity contribution is -0.384. The van der Waals surface area contributed by atoms with Gasteiger partial charge in [0.1, 0.15) is 16.9 Å². The lowest BCUT2D eigenvalue weighted by Gasteiger charge is -2.09. The first-order valence-electron chi connectivity index (χ1n) is 6.61. The fourth-order valence-corrected chi connectivity index (χ4v) is 2.78. The maximum atomic E-state index is 11.6. The fraction of sp³-hybridized carbons (Fsp3) is 0.0714. The van der Waals surface area contributed by atoms with Crippen molar-refractivity contribution >= 4 is 34.6 Å². The largest absolute Gasteiger partial charge is 0.478 e. The van der Waals surface area contributed by atoms with Crippen LogP contribution >= 0.6 is 11.6 Å². The number of aromatic carboxylic acids is 1. The Kier molecular flexibility index (Phi) is 3.57. The van der Waals surface area contributed by atoms with E-state index in [0.29, 0.717) is 16.6 Å². The van der Waals surface area contributed by atoms with E-state index in [-0.39, 0.29) is 27.7 Å². The lowest BCUT2D eigenvalue weighted by atomic mass is 9.97. The molecule has 0 fully saturated rings. The van der Waals surface area contributed by atoms with Gasteiger partial charge in [0.05, 0.1) is 10.5 Å². The summed E-state index contributed by atoms with van der Waals surface area (Å²) in [7, 11) is 0. The molecule has 1 aromatic carbocycles. The molecule has 0 spiro atoms. The molecule has 0 aliphatic rings. The van der Waals surface area contributed by atoms with Gasteiger partial charge in [0.2, 0.25) is 0 Å². The van der Waals surface area contributed by atoms with Gasteiger partial charge in [-0.25, -0.2) is 14.3 Å². The topological polar surface area (TPSA) is 137 Å². The number of carboxylic acid groups (broad SMARTS) is 1. The van der Waals surface area contributed by atoms with Gasteiger partial charge < -0.3 is 10.8 Å². The first-order chi connectivity index (χ1) is 11.3. The van der Waals surface area contributed by atoms with Gasteiger partial charge in [0.15, 0.2) is 5.82 Å². The number of nitrogens with zero attached hydrogens (tertiary/aromatic N) is 4. The number of nitrogens with two attached hydrogens (primary N) is 1. The van der Waals surface area contributed by atoms with Crippen LogP contribution in [0.3, 0.4) is 0 Å². The molecule has 122 valence electrons. The highest BCUT2D eigenvalue weighted by molar-refractivity contribution is 6.33. The number of halogens is 1. The Bertz CT molecular complexity index is 1010. The van der Waals surface area contributed by atoms with Crippen molar-refractivity contribution < 1.29 is 14.8 Å². The Balaban J connectivity index is 2.42. The van der Waals surface area contributed by atoms with Gasteiger partial charge in [-0.1, -0.05) is 11.6 Å². The second-order valence-electron chi connectivity index (χ2n) is 5.04. The van der Waals surface area contributed by atoms with Gasteiger partial charge in [0, 0.05) is 17.8 Å². The standard InChI is InChI=1S/C14H10ClN5O4/c1-6-2-10(20(23)24)9(15)3-7(6)11-8(14(21)22)4-19-12(11)13(16)17-5-18-19/h2-5H,1H3,(H,21,22)(H2,16,17,18). The smallest absolute Gasteiger partial charge is 0.337 e. The van der Waals surface area contributed by atoms with E-state index in [1.165, 1.54) is 29.2 Å². The number of aryl methyl sites for hydroxylation is 1. The van der Waals surface area contributed by atoms with E-state index in [0.717, 1.165) is 0 Å². The summed E-state index contributed by atoms with van der Waals surface area (Å²) in [5.41, 5.74) is 6.99. The first-order valence-corrected chi connectivity index (χ1v) is 6.99. The Morgan fingerprint density at radius 3 is 2.79 bits per heavy atom. The zero-order valence-electron chi connectivity index (χ0n) is 12.2. The van der Waals surface area contributed by atoms with Crippen LogP contribution in [0, 0.1) is 17.0 Å². The van der Waals surface area contributed by atoms with Crippen molar-refractivity contribution in [3.63, 3.8) is 0 Å². The van der Waals surface area contributed by atoms with Crippen LogP contribution in [-0.4, -0.2) is 30.6 Å². The second kappa shape index (κ2) is 5.46. The number of rotatable bonds is 3. The molecule has 0 aliphatic heterocycles. The normalized spacial score (nSPS) is 10.9. The minimum Gasteiger partial charge on any atom is -0.478 e. The van der Waals surface area contributed by atoms with Crippen LogP contribution in [0.4, 0.5) is 11.5 Å². The molecule has 0 saturated heterocycles. The van der Waals surface area contributed by atoms with E-state index in [2.05, 4.69) is 10.1 Å². The van der Waals surface area contributed by atoms with Gasteiger partial charge in [-0.15, -0.1) is 0 Å². The zero-order valence-corrected chi connectivity index (χ0v) is 13.0. The van der Waals surface area contributed by atoms with Crippen LogP contribution in [-0.2, 0) is 0 Å². The molecule has 0 amide bonds. The number of hydrogen-bond acceptors (Lipinski definition) is 6. The summed E-state index contributed by atoms with van der Waals surface area (Å²) in [6.45, 7) is 1.62. The van der Waals surface area contributed by atoms with Gasteiger partial charge in [-0.05, 0) is 24.1 Å². The maximum absolute atomic E-state index is 11.6. The van der Waals surface area contributed by atoms with Crippen molar-refractivity contribution in [1.29, 1.82) is 0 Å². The molecule has 2 aromatic heterocycles. The van der Waals surface area contributed by atoms with Crippen molar-refractivity contribution in [3.8, 4) is 11.1 Å². The van der Waals surface area contributed by atoms with Crippen LogP contribution in [0.2, 0.25) is 5.02 Å². The number of benzene rings is 1. The highest BCUT2D eigenvalue weighted by Gasteiger charge is 2.24. The van der Waals surface area contributed by atoms with Crippen LogP contribution in [0.15, 0.2) is 24.7 Å². The molecule has 0 atom stereocenters. The highest BCUT2D eigenvalue weighted by Crippen LogP contribution is 2.38. The van der Waals surface area contributed by atoms with Gasteiger partial charge in [-0.2, -0.15) is 5.10 Å². The van der Waals surface area contributed by atoms with Crippen molar-refractivity contribution in [2.75, 3.05) is 5.73 Å². The monoisotopic (exact) mass is 347 g/mol. The van der Waals surface area contributed by atoms with Crippen LogP contribution in [0.25, 0.3) is 16.6 Å². The molecule has 3 N–H and O–H groups in total. The van der Waals surface area contributed by atoms with E-state index >= 15 is 0 Å². The fourth-order valence-electron chi connectivity index (χ4n) is 2.55. The first kappa shape index (κ1) is 15.7. The molecular weight excluding hydrogens is 338 g/mol. The van der Waals surface area contributed by atoms with Crippen molar-refractivity contribution in [1.82, 2.24) is 14.6 Å². The molecule has 0 aliphatic carbocycles. The number of nitro benzene ring substituents is 1. The number of nitrogen functional groups attached to an aromatic ring is 1. The molecule has 3 rings (SSSR count). The summed E-state index contributed by atoms with van der Waals surface area (Å²) in [5, 5.41) is 24.3. The van der Waals surface area contributed by atoms with E-state index in [4.69, 9.17) is 17.3 Å². The predicted molar refractivity (Wildman–Crippen MR) is 86.2 cm³/mol. The molecule has 10 heteroatoms. The molecule has 24 heavy (non-hydrogen) atoms. The van der Waals surface area contributed by atoms with E-state index < -0.39 is 10.9 Å². The molecular formula is C14H10ClN5O4. The average Bonchev–Trinajstić information content (AvgIpc) is 2.90. The van der Waals surface area contributed by atoms with Gasteiger partial charge >= 0.3 is 5.97 Å². The Hall–Kier alpha value is -3.20. The van der Waals surface area contributed by atoms with Crippen LogP contribution in [0.1, 0.15) is 15.9 Å². The number of anilines is 1. The maximum Gasteiger partial charge on any atom is 0.337 e. The summed E-state index contributed by atoms with van der Waals surface area (Å²) < 4.78 is 1.30. The van der Waals surface area contributed by atoms with Crippen LogP contribution in [0.5, 0.6) is 0 Å². The number of carbonyl (C=O) groups is 1. The Morgan fingerprint density at radius 2 is 2.17 bits per heavy atom. The van der Waals surface area contributed by atoms with Crippen molar-refractivity contribution in [3.05, 3.63) is 50.9 Å². The molecule has 0 unspecified atom stereocenters. The quantitative estimate of drug-likeness (QED) is 0.548. The number of fused-ring (bicyclic) bond motifs is 1. The van der Waals surface area contributed by atoms with Crippen LogP contribution < -0.4 is 5.73 Å². The summed E-state index contributed by atoms with van der Waals surface area (Å²) in [4.78, 5) is 25.9. The van der Waals surface area contributed by atoms with Gasteiger partial charge in [0.25, 0.3) is 5.69 Å². The number of aromatic nitrogens is 3. The van der Waals surface area contributed by atoms with E-state index in [1.54, 1.807) is 6.92 Å².